The van der Waals surface area contributed by atoms with E-state index in [-0.39, 0.29) is 6.42 Å². The zero-order valence-corrected chi connectivity index (χ0v) is 14.5. The van der Waals surface area contributed by atoms with E-state index in [1.54, 1.807) is 7.11 Å². The minimum absolute atomic E-state index is 0.0871. The second kappa shape index (κ2) is 8.58. The van der Waals surface area contributed by atoms with Crippen molar-refractivity contribution >= 4 is 21.9 Å². The molecule has 2 aromatic rings. The second-order valence-corrected chi connectivity index (χ2v) is 5.94. The van der Waals surface area contributed by atoms with Gasteiger partial charge in [0.1, 0.15) is 0 Å². The molecule has 0 aromatic heterocycles. The average molecular weight is 379 g/mol. The number of methoxy groups -OCH3 is 1. The summed E-state index contributed by atoms with van der Waals surface area (Å²) >= 11 is 3.48. The number of rotatable bonds is 8. The Morgan fingerprint density at radius 2 is 1.87 bits per heavy atom. The molecule has 0 atom stereocenters. The van der Waals surface area contributed by atoms with Gasteiger partial charge in [0.2, 0.25) is 0 Å². The molecule has 1 N–H and O–H groups in total. The molecular formula is C18H19BrO4. The Labute approximate surface area is 144 Å². The lowest BCUT2D eigenvalue weighted by molar-refractivity contribution is -0.136. The Bertz CT molecular complexity index is 656. The lowest BCUT2D eigenvalue weighted by atomic mass is 10.1. The van der Waals surface area contributed by atoms with Gasteiger partial charge in [0, 0.05) is 12.8 Å². The summed E-state index contributed by atoms with van der Waals surface area (Å²) in [5.74, 6) is 0.429. The van der Waals surface area contributed by atoms with Crippen LogP contribution in [-0.4, -0.2) is 24.8 Å². The number of benzene rings is 2. The quantitative estimate of drug-likeness (QED) is 0.751. The second-order valence-electron chi connectivity index (χ2n) is 5.09. The summed E-state index contributed by atoms with van der Waals surface area (Å²) in [7, 11) is 1.58. The van der Waals surface area contributed by atoms with E-state index in [0.29, 0.717) is 24.5 Å². The first-order valence-corrected chi connectivity index (χ1v) is 8.14. The predicted octanol–water partition coefficient (Wildman–Crippen LogP) is 4.10. The van der Waals surface area contributed by atoms with Crippen LogP contribution in [-0.2, 0) is 17.6 Å². The summed E-state index contributed by atoms with van der Waals surface area (Å²) in [6.07, 6.45) is 1.34. The molecule has 122 valence electrons. The number of carbonyl (C=O) groups is 1. The van der Waals surface area contributed by atoms with Gasteiger partial charge in [-0.15, -0.1) is 0 Å². The number of hydrogen-bond donors (Lipinski definition) is 1. The highest BCUT2D eigenvalue weighted by molar-refractivity contribution is 9.10. The molecule has 0 heterocycles. The van der Waals surface area contributed by atoms with E-state index in [1.807, 2.05) is 30.3 Å². The van der Waals surface area contributed by atoms with E-state index in [0.717, 1.165) is 16.5 Å². The van der Waals surface area contributed by atoms with Crippen LogP contribution < -0.4 is 9.47 Å². The molecule has 0 radical (unpaired) electrons. The molecule has 23 heavy (non-hydrogen) atoms. The lowest BCUT2D eigenvalue weighted by Gasteiger charge is -2.14. The highest BCUT2D eigenvalue weighted by Crippen LogP contribution is 2.37. The molecule has 0 bridgehead atoms. The number of aliphatic carboxylic acids is 1. The fraction of sp³-hybridized carbons (Fsp3) is 0.278. The van der Waals surface area contributed by atoms with Crippen LogP contribution in [0.4, 0.5) is 0 Å². The van der Waals surface area contributed by atoms with Crippen LogP contribution in [0.2, 0.25) is 0 Å². The first-order chi connectivity index (χ1) is 11.1. The Morgan fingerprint density at radius 1 is 1.13 bits per heavy atom. The van der Waals surface area contributed by atoms with E-state index in [1.165, 1.54) is 5.56 Å². The number of aryl methyl sites for hydroxylation is 1. The van der Waals surface area contributed by atoms with Gasteiger partial charge in [0.25, 0.3) is 0 Å². The van der Waals surface area contributed by atoms with Crippen LogP contribution in [0.15, 0.2) is 46.9 Å². The monoisotopic (exact) mass is 378 g/mol. The molecule has 2 aromatic carbocycles. The summed E-state index contributed by atoms with van der Waals surface area (Å²) < 4.78 is 12.0. The number of carboxylic acid groups (broad SMARTS) is 1. The van der Waals surface area contributed by atoms with E-state index < -0.39 is 5.97 Å². The van der Waals surface area contributed by atoms with Gasteiger partial charge in [-0.1, -0.05) is 30.3 Å². The minimum Gasteiger partial charge on any atom is -0.493 e. The SMILES string of the molecule is COc1cc(CCC(=O)O)cc(Br)c1OCCc1ccccc1. The molecule has 0 amide bonds. The smallest absolute Gasteiger partial charge is 0.303 e. The number of halogens is 1. The molecule has 0 fully saturated rings. The van der Waals surface area contributed by atoms with E-state index in [4.69, 9.17) is 14.6 Å². The zero-order valence-electron chi connectivity index (χ0n) is 12.9. The molecule has 2 rings (SSSR count). The first kappa shape index (κ1) is 17.3. The summed E-state index contributed by atoms with van der Waals surface area (Å²) in [5, 5.41) is 8.78. The van der Waals surface area contributed by atoms with E-state index in [2.05, 4.69) is 28.1 Å². The van der Waals surface area contributed by atoms with Gasteiger partial charge in [0.15, 0.2) is 11.5 Å². The third kappa shape index (κ3) is 5.28. The molecule has 0 spiro atoms. The van der Waals surface area contributed by atoms with Crippen molar-refractivity contribution in [1.29, 1.82) is 0 Å². The van der Waals surface area contributed by atoms with Crippen LogP contribution in [0.25, 0.3) is 0 Å². The van der Waals surface area contributed by atoms with Gasteiger partial charge in [-0.05, 0) is 45.6 Å². The van der Waals surface area contributed by atoms with Crippen molar-refractivity contribution in [2.24, 2.45) is 0 Å². The van der Waals surface area contributed by atoms with Gasteiger partial charge in [-0.2, -0.15) is 0 Å². The zero-order chi connectivity index (χ0) is 16.7. The Kier molecular flexibility index (Phi) is 6.47. The fourth-order valence-electron chi connectivity index (χ4n) is 2.22. The maximum absolute atomic E-state index is 10.7. The van der Waals surface area contributed by atoms with E-state index in [9.17, 15) is 4.79 Å². The number of ether oxygens (including phenoxy) is 2. The summed E-state index contributed by atoms with van der Waals surface area (Å²) in [6.45, 7) is 0.535. The number of carboxylic acids is 1. The molecule has 0 aliphatic rings. The standard InChI is InChI=1S/C18H19BrO4/c1-22-16-12-14(7-8-17(20)21)11-15(19)18(16)23-10-9-13-5-3-2-4-6-13/h2-6,11-12H,7-10H2,1H3,(H,20,21). The largest absolute Gasteiger partial charge is 0.493 e. The van der Waals surface area contributed by atoms with Crippen molar-refractivity contribution in [3.63, 3.8) is 0 Å². The minimum atomic E-state index is -0.816. The maximum Gasteiger partial charge on any atom is 0.303 e. The Morgan fingerprint density at radius 3 is 2.52 bits per heavy atom. The average Bonchev–Trinajstić information content (AvgIpc) is 2.55. The summed E-state index contributed by atoms with van der Waals surface area (Å²) in [6, 6.07) is 13.8. The summed E-state index contributed by atoms with van der Waals surface area (Å²) in [5.41, 5.74) is 2.10. The Hall–Kier alpha value is -2.01. The highest BCUT2D eigenvalue weighted by atomic mass is 79.9. The topological polar surface area (TPSA) is 55.8 Å². The Balaban J connectivity index is 2.04. The fourth-order valence-corrected chi connectivity index (χ4v) is 2.83. The lowest BCUT2D eigenvalue weighted by Crippen LogP contribution is -2.04. The van der Waals surface area contributed by atoms with Gasteiger partial charge in [-0.25, -0.2) is 0 Å². The van der Waals surface area contributed by atoms with Crippen LogP contribution in [0.1, 0.15) is 17.5 Å². The van der Waals surface area contributed by atoms with Gasteiger partial charge >= 0.3 is 5.97 Å². The van der Waals surface area contributed by atoms with Gasteiger partial charge in [-0.3, -0.25) is 4.79 Å². The third-order valence-electron chi connectivity index (χ3n) is 3.40. The van der Waals surface area contributed by atoms with Gasteiger partial charge < -0.3 is 14.6 Å². The molecular weight excluding hydrogens is 360 g/mol. The molecule has 4 nitrogen and oxygen atoms in total. The van der Waals surface area contributed by atoms with Crippen LogP contribution in [0, 0.1) is 0 Å². The van der Waals surface area contributed by atoms with Crippen molar-refractivity contribution < 1.29 is 19.4 Å². The van der Waals surface area contributed by atoms with Crippen molar-refractivity contribution in [3.8, 4) is 11.5 Å². The summed E-state index contributed by atoms with van der Waals surface area (Å²) in [4.78, 5) is 10.7. The predicted molar refractivity (Wildman–Crippen MR) is 92.3 cm³/mol. The van der Waals surface area contributed by atoms with Crippen molar-refractivity contribution in [2.45, 2.75) is 19.3 Å². The highest BCUT2D eigenvalue weighted by Gasteiger charge is 2.12. The normalized spacial score (nSPS) is 10.3. The molecule has 0 unspecified atom stereocenters. The molecule has 0 saturated heterocycles. The van der Waals surface area contributed by atoms with Crippen molar-refractivity contribution in [2.75, 3.05) is 13.7 Å². The van der Waals surface area contributed by atoms with E-state index >= 15 is 0 Å². The molecule has 5 heteroatoms. The van der Waals surface area contributed by atoms with Gasteiger partial charge in [0.05, 0.1) is 18.2 Å². The maximum atomic E-state index is 10.7. The molecule has 0 aliphatic heterocycles. The van der Waals surface area contributed by atoms with Crippen LogP contribution in [0.5, 0.6) is 11.5 Å². The number of hydrogen-bond acceptors (Lipinski definition) is 3. The van der Waals surface area contributed by atoms with Crippen LogP contribution >= 0.6 is 15.9 Å². The first-order valence-electron chi connectivity index (χ1n) is 7.35. The third-order valence-corrected chi connectivity index (χ3v) is 3.99. The molecule has 0 saturated carbocycles. The van der Waals surface area contributed by atoms with Crippen molar-refractivity contribution in [3.05, 3.63) is 58.1 Å². The van der Waals surface area contributed by atoms with Crippen molar-refractivity contribution in [1.82, 2.24) is 0 Å². The molecule has 0 aliphatic carbocycles. The van der Waals surface area contributed by atoms with Crippen LogP contribution in [0.3, 0.4) is 0 Å².